The van der Waals surface area contributed by atoms with E-state index in [2.05, 4.69) is 61.1 Å². The smallest absolute Gasteiger partial charge is 0.0413 e. The molecule has 2 fully saturated rings. The molecule has 2 aliphatic rings. The summed E-state index contributed by atoms with van der Waals surface area (Å²) in [7, 11) is 2.25. The van der Waals surface area contributed by atoms with E-state index in [-0.39, 0.29) is 0 Å². The van der Waals surface area contributed by atoms with Crippen LogP contribution in [0.2, 0.25) is 0 Å². The Morgan fingerprint density at radius 3 is 2.43 bits per heavy atom. The summed E-state index contributed by atoms with van der Waals surface area (Å²) >= 11 is 0. The van der Waals surface area contributed by atoms with E-state index in [1.807, 2.05) is 0 Å². The lowest BCUT2D eigenvalue weighted by Gasteiger charge is -2.44. The lowest BCUT2D eigenvalue weighted by Crippen LogP contribution is -2.55. The van der Waals surface area contributed by atoms with E-state index in [9.17, 15) is 0 Å². The van der Waals surface area contributed by atoms with E-state index in [1.165, 1.54) is 29.7 Å². The van der Waals surface area contributed by atoms with Crippen LogP contribution in [0.25, 0.3) is 0 Å². The van der Waals surface area contributed by atoms with Crippen molar-refractivity contribution in [2.24, 2.45) is 0 Å². The number of hydrogen-bond acceptors (Lipinski definition) is 3. The van der Waals surface area contributed by atoms with Crippen molar-refractivity contribution in [2.75, 3.05) is 25.0 Å². The van der Waals surface area contributed by atoms with Gasteiger partial charge in [-0.2, -0.15) is 0 Å². The van der Waals surface area contributed by atoms with Gasteiger partial charge in [0.1, 0.15) is 0 Å². The minimum atomic E-state index is 0.610. The average Bonchev–Trinajstić information content (AvgIpc) is 3.26. The zero-order valence-corrected chi connectivity index (χ0v) is 13.9. The Bertz CT molecular complexity index is 483. The molecule has 116 valence electrons. The highest BCUT2D eigenvalue weighted by molar-refractivity contribution is 5.55. The van der Waals surface area contributed by atoms with Crippen LogP contribution in [0.3, 0.4) is 0 Å². The van der Waals surface area contributed by atoms with E-state index in [0.29, 0.717) is 12.1 Å². The van der Waals surface area contributed by atoms with Crippen molar-refractivity contribution in [2.45, 2.75) is 58.3 Å². The number of hydrogen-bond donors (Lipinski definition) is 1. The van der Waals surface area contributed by atoms with Crippen LogP contribution in [0, 0.1) is 6.92 Å². The lowest BCUT2D eigenvalue weighted by molar-refractivity contribution is 0.170. The van der Waals surface area contributed by atoms with E-state index >= 15 is 0 Å². The monoisotopic (exact) mass is 287 g/mol. The molecule has 2 atom stereocenters. The molecule has 3 rings (SSSR count). The fourth-order valence-corrected chi connectivity index (χ4v) is 3.31. The first-order valence-corrected chi connectivity index (χ1v) is 8.34. The van der Waals surface area contributed by atoms with Crippen molar-refractivity contribution in [3.8, 4) is 0 Å². The fourth-order valence-electron chi connectivity index (χ4n) is 3.31. The molecule has 1 aliphatic carbocycles. The molecule has 1 aromatic rings. The highest BCUT2D eigenvalue weighted by Gasteiger charge is 2.28. The van der Waals surface area contributed by atoms with Crippen molar-refractivity contribution in [1.82, 2.24) is 10.2 Å². The molecule has 1 N–H and O–H groups in total. The quantitative estimate of drug-likeness (QED) is 0.918. The molecule has 21 heavy (non-hydrogen) atoms. The highest BCUT2D eigenvalue weighted by Crippen LogP contribution is 2.27. The summed E-state index contributed by atoms with van der Waals surface area (Å²) in [5, 5.41) is 3.67. The molecule has 0 spiro atoms. The maximum absolute atomic E-state index is 3.67. The van der Waals surface area contributed by atoms with Gasteiger partial charge in [-0.15, -0.1) is 0 Å². The van der Waals surface area contributed by atoms with Crippen molar-refractivity contribution >= 4 is 5.69 Å². The Morgan fingerprint density at radius 1 is 1.14 bits per heavy atom. The van der Waals surface area contributed by atoms with Crippen LogP contribution >= 0.6 is 0 Å². The molecule has 1 aliphatic heterocycles. The summed E-state index contributed by atoms with van der Waals surface area (Å²) in [4.78, 5) is 5.07. The largest absolute Gasteiger partial charge is 0.368 e. The zero-order chi connectivity index (χ0) is 15.0. The number of likely N-dealkylation sites (N-methyl/N-ethyl adjacent to an activating group) is 1. The summed E-state index contributed by atoms with van der Waals surface area (Å²) in [6.07, 6.45) is 2.70. The van der Waals surface area contributed by atoms with Crippen molar-refractivity contribution in [3.05, 3.63) is 29.3 Å². The van der Waals surface area contributed by atoms with Gasteiger partial charge in [0.25, 0.3) is 0 Å². The Kier molecular flexibility index (Phi) is 4.23. The van der Waals surface area contributed by atoms with Gasteiger partial charge in [0.15, 0.2) is 0 Å². The Balaban J connectivity index is 1.79. The predicted octanol–water partition coefficient (Wildman–Crippen LogP) is 2.78. The number of benzene rings is 1. The topological polar surface area (TPSA) is 18.5 Å². The van der Waals surface area contributed by atoms with E-state index in [4.69, 9.17) is 0 Å². The van der Waals surface area contributed by atoms with Gasteiger partial charge in [0.05, 0.1) is 0 Å². The first-order chi connectivity index (χ1) is 10.0. The van der Waals surface area contributed by atoms with Crippen molar-refractivity contribution in [1.29, 1.82) is 0 Å². The summed E-state index contributed by atoms with van der Waals surface area (Å²) in [6.45, 7) is 10.1. The third-order valence-electron chi connectivity index (χ3n) is 5.09. The third kappa shape index (κ3) is 3.41. The summed E-state index contributed by atoms with van der Waals surface area (Å²) < 4.78 is 0. The Hall–Kier alpha value is -1.06. The van der Waals surface area contributed by atoms with Crippen LogP contribution in [-0.2, 0) is 6.54 Å². The van der Waals surface area contributed by atoms with Crippen LogP contribution in [-0.4, -0.2) is 43.2 Å². The normalized spacial score (nSPS) is 27.1. The summed E-state index contributed by atoms with van der Waals surface area (Å²) in [6, 6.07) is 8.92. The number of aryl methyl sites for hydroxylation is 1. The minimum absolute atomic E-state index is 0.610. The molecule has 1 heterocycles. The molecule has 2 unspecified atom stereocenters. The van der Waals surface area contributed by atoms with Crippen LogP contribution < -0.4 is 10.2 Å². The first kappa shape index (κ1) is 14.9. The maximum Gasteiger partial charge on any atom is 0.0413 e. The van der Waals surface area contributed by atoms with Gasteiger partial charge in [0, 0.05) is 43.4 Å². The molecule has 3 heteroatoms. The Morgan fingerprint density at radius 2 is 1.81 bits per heavy atom. The number of nitrogens with zero attached hydrogens (tertiary/aromatic N) is 2. The molecule has 1 saturated carbocycles. The van der Waals surface area contributed by atoms with Crippen LogP contribution in [0.4, 0.5) is 5.69 Å². The molecule has 0 radical (unpaired) electrons. The maximum atomic E-state index is 3.67. The molecular formula is C18H29N3. The van der Waals surface area contributed by atoms with E-state index < -0.39 is 0 Å². The van der Waals surface area contributed by atoms with Gasteiger partial charge in [0.2, 0.25) is 0 Å². The lowest BCUT2D eigenvalue weighted by atomic mass is 10.0. The van der Waals surface area contributed by atoms with Gasteiger partial charge in [-0.1, -0.05) is 17.7 Å². The average molecular weight is 287 g/mol. The van der Waals surface area contributed by atoms with Crippen molar-refractivity contribution < 1.29 is 0 Å². The summed E-state index contributed by atoms with van der Waals surface area (Å²) in [5.41, 5.74) is 4.26. The molecule has 1 aromatic carbocycles. The van der Waals surface area contributed by atoms with Gasteiger partial charge in [-0.05, 0) is 52.3 Å². The standard InChI is InChI=1S/C18H29N3/c1-13-5-8-18(16(9-13)10-19-17-6-7-17)21-11-14(2)20(4)15(3)12-21/h5,8-9,14-15,17,19H,6-7,10-12H2,1-4H3. The second-order valence-corrected chi connectivity index (χ2v) is 7.06. The van der Waals surface area contributed by atoms with Crippen LogP contribution in [0.5, 0.6) is 0 Å². The molecule has 3 nitrogen and oxygen atoms in total. The second-order valence-electron chi connectivity index (χ2n) is 7.06. The van der Waals surface area contributed by atoms with Gasteiger partial charge >= 0.3 is 0 Å². The first-order valence-electron chi connectivity index (χ1n) is 8.34. The highest BCUT2D eigenvalue weighted by atomic mass is 15.3. The number of piperazine rings is 1. The van der Waals surface area contributed by atoms with Crippen molar-refractivity contribution in [3.63, 3.8) is 0 Å². The van der Waals surface area contributed by atoms with Crippen LogP contribution in [0.1, 0.15) is 37.8 Å². The molecule has 0 aromatic heterocycles. The van der Waals surface area contributed by atoms with E-state index in [0.717, 1.165) is 25.7 Å². The number of nitrogens with one attached hydrogen (secondary N) is 1. The summed E-state index contributed by atoms with van der Waals surface area (Å²) in [5.74, 6) is 0. The molecule has 0 bridgehead atoms. The zero-order valence-electron chi connectivity index (χ0n) is 13.9. The third-order valence-corrected chi connectivity index (χ3v) is 5.09. The predicted molar refractivity (Wildman–Crippen MR) is 89.9 cm³/mol. The Labute approximate surface area is 129 Å². The molecular weight excluding hydrogens is 258 g/mol. The number of anilines is 1. The van der Waals surface area contributed by atoms with Crippen LogP contribution in [0.15, 0.2) is 18.2 Å². The fraction of sp³-hybridized carbons (Fsp3) is 0.667. The van der Waals surface area contributed by atoms with Gasteiger partial charge in [-0.3, -0.25) is 4.90 Å². The molecule has 1 saturated heterocycles. The number of rotatable bonds is 4. The molecule has 0 amide bonds. The van der Waals surface area contributed by atoms with Gasteiger partial charge < -0.3 is 10.2 Å². The van der Waals surface area contributed by atoms with Gasteiger partial charge in [-0.25, -0.2) is 0 Å². The minimum Gasteiger partial charge on any atom is -0.368 e. The SMILES string of the molecule is Cc1ccc(N2CC(C)N(C)C(C)C2)c(CNC2CC2)c1. The van der Waals surface area contributed by atoms with E-state index in [1.54, 1.807) is 0 Å². The second kappa shape index (κ2) is 5.98.